The van der Waals surface area contributed by atoms with Gasteiger partial charge in [0.25, 0.3) is 0 Å². The van der Waals surface area contributed by atoms with Crippen LogP contribution in [-0.2, 0) is 11.3 Å². The van der Waals surface area contributed by atoms with Crippen LogP contribution in [0.25, 0.3) is 5.69 Å². The van der Waals surface area contributed by atoms with E-state index in [1.165, 1.54) is 0 Å². The van der Waals surface area contributed by atoms with Crippen LogP contribution in [0.1, 0.15) is 21.9 Å². The van der Waals surface area contributed by atoms with E-state index in [2.05, 4.69) is 20.1 Å². The Kier molecular flexibility index (Phi) is 5.24. The molecule has 7 nitrogen and oxygen atoms in total. The molecule has 138 valence electrons. The lowest BCUT2D eigenvalue weighted by atomic mass is 10.1. The molecule has 1 fully saturated rings. The Bertz CT molecular complexity index is 938. The van der Waals surface area contributed by atoms with Crippen molar-refractivity contribution in [3.8, 4) is 5.69 Å². The molecule has 0 amide bonds. The van der Waals surface area contributed by atoms with Crippen LogP contribution in [0.3, 0.4) is 0 Å². The molecular formula is C19H18ClN5O2. The molecule has 3 aromatic rings. The molecule has 0 unspecified atom stereocenters. The Hall–Kier alpha value is -2.61. The predicted octanol–water partition coefficient (Wildman–Crippen LogP) is 2.38. The third-order valence-corrected chi connectivity index (χ3v) is 4.68. The maximum Gasteiger partial charge on any atom is 0.213 e. The Labute approximate surface area is 161 Å². The number of carbonyl (C=O) groups is 1. The maximum atomic E-state index is 13.0. The third kappa shape index (κ3) is 3.90. The highest BCUT2D eigenvalue weighted by Gasteiger charge is 2.20. The first kappa shape index (κ1) is 17.8. The minimum Gasteiger partial charge on any atom is -0.379 e. The van der Waals surface area contributed by atoms with Crippen LogP contribution in [0.2, 0.25) is 5.02 Å². The highest BCUT2D eigenvalue weighted by molar-refractivity contribution is 6.31. The number of hydrogen-bond donors (Lipinski definition) is 0. The molecule has 0 aliphatic carbocycles. The number of pyridine rings is 1. The summed E-state index contributed by atoms with van der Waals surface area (Å²) in [5.74, 6) is 0.563. The molecule has 0 spiro atoms. The van der Waals surface area contributed by atoms with Gasteiger partial charge in [0.05, 0.1) is 25.4 Å². The number of carbonyl (C=O) groups excluding carboxylic acids is 1. The molecule has 0 N–H and O–H groups in total. The summed E-state index contributed by atoms with van der Waals surface area (Å²) in [6.45, 7) is 3.72. The summed E-state index contributed by atoms with van der Waals surface area (Å²) >= 11 is 6.17. The number of halogens is 1. The molecule has 0 radical (unpaired) electrons. The van der Waals surface area contributed by atoms with Gasteiger partial charge in [-0.15, -0.1) is 10.2 Å². The molecule has 2 aromatic heterocycles. The monoisotopic (exact) mass is 383 g/mol. The lowest BCUT2D eigenvalue weighted by Gasteiger charge is -2.26. The van der Waals surface area contributed by atoms with E-state index in [-0.39, 0.29) is 5.78 Å². The molecule has 4 rings (SSSR count). The number of ketones is 1. The lowest BCUT2D eigenvalue weighted by Crippen LogP contribution is -2.36. The first-order valence-electron chi connectivity index (χ1n) is 8.67. The number of rotatable bonds is 5. The fraction of sp³-hybridized carbons (Fsp3) is 0.263. The van der Waals surface area contributed by atoms with Crippen molar-refractivity contribution in [2.24, 2.45) is 0 Å². The van der Waals surface area contributed by atoms with Crippen molar-refractivity contribution in [1.82, 2.24) is 24.6 Å². The Morgan fingerprint density at radius 3 is 2.81 bits per heavy atom. The predicted molar refractivity (Wildman–Crippen MR) is 100 cm³/mol. The molecule has 8 heteroatoms. The van der Waals surface area contributed by atoms with Crippen molar-refractivity contribution in [3.05, 3.63) is 71.0 Å². The number of ether oxygens (including phenoxy) is 1. The molecule has 0 saturated carbocycles. The van der Waals surface area contributed by atoms with Crippen LogP contribution in [0.15, 0.2) is 48.9 Å². The van der Waals surface area contributed by atoms with E-state index >= 15 is 0 Å². The molecule has 3 heterocycles. The van der Waals surface area contributed by atoms with Crippen molar-refractivity contribution >= 4 is 17.4 Å². The number of benzene rings is 1. The lowest BCUT2D eigenvalue weighted by molar-refractivity contribution is 0.0328. The largest absolute Gasteiger partial charge is 0.379 e. The number of morpholine rings is 1. The number of hydrogen-bond acceptors (Lipinski definition) is 6. The summed E-state index contributed by atoms with van der Waals surface area (Å²) in [6, 6.07) is 10.5. The fourth-order valence-corrected chi connectivity index (χ4v) is 3.23. The van der Waals surface area contributed by atoms with Gasteiger partial charge in [0.15, 0.2) is 5.82 Å². The van der Waals surface area contributed by atoms with E-state index in [0.717, 1.165) is 18.9 Å². The van der Waals surface area contributed by atoms with Gasteiger partial charge in [-0.2, -0.15) is 0 Å². The van der Waals surface area contributed by atoms with E-state index < -0.39 is 0 Å². The highest BCUT2D eigenvalue weighted by Crippen LogP contribution is 2.23. The van der Waals surface area contributed by atoms with E-state index in [1.54, 1.807) is 42.9 Å². The quantitative estimate of drug-likeness (QED) is 0.630. The van der Waals surface area contributed by atoms with Gasteiger partial charge in [0, 0.05) is 29.9 Å². The average molecular weight is 384 g/mol. The smallest absolute Gasteiger partial charge is 0.213 e. The molecule has 1 aromatic carbocycles. The summed E-state index contributed by atoms with van der Waals surface area (Å²) in [7, 11) is 0. The van der Waals surface area contributed by atoms with Gasteiger partial charge in [-0.05, 0) is 30.3 Å². The molecular weight excluding hydrogens is 366 g/mol. The second-order valence-electron chi connectivity index (χ2n) is 6.21. The van der Waals surface area contributed by atoms with Crippen LogP contribution < -0.4 is 0 Å². The Morgan fingerprint density at radius 1 is 1.19 bits per heavy atom. The van der Waals surface area contributed by atoms with E-state index in [4.69, 9.17) is 16.3 Å². The zero-order chi connectivity index (χ0) is 18.6. The topological polar surface area (TPSA) is 73.1 Å². The average Bonchev–Trinajstić information content (AvgIpc) is 3.16. The van der Waals surface area contributed by atoms with Crippen molar-refractivity contribution in [2.45, 2.75) is 6.54 Å². The van der Waals surface area contributed by atoms with Crippen LogP contribution in [0.5, 0.6) is 0 Å². The molecule has 1 saturated heterocycles. The normalized spacial score (nSPS) is 15.0. The minimum atomic E-state index is -0.195. The summed E-state index contributed by atoms with van der Waals surface area (Å²) in [4.78, 5) is 19.4. The van der Waals surface area contributed by atoms with Gasteiger partial charge in [-0.3, -0.25) is 19.2 Å². The first-order valence-corrected chi connectivity index (χ1v) is 9.05. The SMILES string of the molecule is O=C(c1ccccn1)c1cc(Cl)ccc1-n1cnnc1CN1CCOCC1. The van der Waals surface area contributed by atoms with Gasteiger partial charge < -0.3 is 4.74 Å². The third-order valence-electron chi connectivity index (χ3n) is 4.45. The van der Waals surface area contributed by atoms with Gasteiger partial charge in [0.1, 0.15) is 12.0 Å². The number of nitrogens with zero attached hydrogens (tertiary/aromatic N) is 5. The van der Waals surface area contributed by atoms with Gasteiger partial charge >= 0.3 is 0 Å². The van der Waals surface area contributed by atoms with Crippen molar-refractivity contribution in [3.63, 3.8) is 0 Å². The standard InChI is InChI=1S/C19H18ClN5O2/c20-14-4-5-17(15(11-14)19(26)16-3-1-2-6-21-16)25-13-22-23-18(25)12-24-7-9-27-10-8-24/h1-6,11,13H,7-10,12H2. The summed E-state index contributed by atoms with van der Waals surface area (Å²) < 4.78 is 7.23. The second kappa shape index (κ2) is 7.96. The van der Waals surface area contributed by atoms with Crippen molar-refractivity contribution in [1.29, 1.82) is 0 Å². The summed E-state index contributed by atoms with van der Waals surface area (Å²) in [5, 5.41) is 8.79. The first-order chi connectivity index (χ1) is 13.2. The molecule has 0 bridgehead atoms. The van der Waals surface area contributed by atoms with Gasteiger partial charge in [0.2, 0.25) is 5.78 Å². The van der Waals surface area contributed by atoms with Crippen LogP contribution in [-0.4, -0.2) is 56.7 Å². The van der Waals surface area contributed by atoms with Crippen molar-refractivity contribution in [2.75, 3.05) is 26.3 Å². The highest BCUT2D eigenvalue weighted by atomic mass is 35.5. The van der Waals surface area contributed by atoms with Gasteiger partial charge in [-0.25, -0.2) is 0 Å². The van der Waals surface area contributed by atoms with E-state index in [9.17, 15) is 4.79 Å². The van der Waals surface area contributed by atoms with Crippen LogP contribution >= 0.6 is 11.6 Å². The Balaban J connectivity index is 1.71. The fourth-order valence-electron chi connectivity index (χ4n) is 3.06. The maximum absolute atomic E-state index is 13.0. The Morgan fingerprint density at radius 2 is 2.04 bits per heavy atom. The second-order valence-corrected chi connectivity index (χ2v) is 6.65. The molecule has 0 atom stereocenters. The van der Waals surface area contributed by atoms with Crippen LogP contribution in [0.4, 0.5) is 0 Å². The number of aromatic nitrogens is 4. The molecule has 27 heavy (non-hydrogen) atoms. The van der Waals surface area contributed by atoms with Crippen molar-refractivity contribution < 1.29 is 9.53 Å². The summed E-state index contributed by atoms with van der Waals surface area (Å²) in [5.41, 5.74) is 1.51. The minimum absolute atomic E-state index is 0.195. The van der Waals surface area contributed by atoms with E-state index in [0.29, 0.717) is 41.7 Å². The zero-order valence-electron chi connectivity index (χ0n) is 14.6. The van der Waals surface area contributed by atoms with E-state index in [1.807, 2.05) is 10.6 Å². The van der Waals surface area contributed by atoms with Crippen LogP contribution in [0, 0.1) is 0 Å². The zero-order valence-corrected chi connectivity index (χ0v) is 15.3. The van der Waals surface area contributed by atoms with Gasteiger partial charge in [-0.1, -0.05) is 17.7 Å². The molecule has 1 aliphatic rings. The summed E-state index contributed by atoms with van der Waals surface area (Å²) in [6.07, 6.45) is 3.22. The molecule has 1 aliphatic heterocycles.